The molecule has 2 atom stereocenters. The van der Waals surface area contributed by atoms with Crippen molar-refractivity contribution < 1.29 is 9.47 Å². The lowest BCUT2D eigenvalue weighted by molar-refractivity contribution is 0.271. The molecule has 0 saturated heterocycles. The van der Waals surface area contributed by atoms with Gasteiger partial charge in [-0.05, 0) is 74.3 Å². The number of benzene rings is 2. The van der Waals surface area contributed by atoms with Crippen LogP contribution in [0.4, 0.5) is 0 Å². The Labute approximate surface area is 212 Å². The third-order valence-electron chi connectivity index (χ3n) is 7.56. The van der Waals surface area contributed by atoms with Crippen LogP contribution in [0.2, 0.25) is 0 Å². The molecule has 36 heavy (non-hydrogen) atoms. The zero-order valence-electron chi connectivity index (χ0n) is 21.2. The first-order valence-electron chi connectivity index (χ1n) is 12.1. The Kier molecular flexibility index (Phi) is 6.78. The minimum Gasteiger partial charge on any atom is -0.493 e. The van der Waals surface area contributed by atoms with Gasteiger partial charge in [0.25, 0.3) is 0 Å². The fourth-order valence-electron chi connectivity index (χ4n) is 5.91. The van der Waals surface area contributed by atoms with Crippen molar-refractivity contribution in [1.82, 2.24) is 0 Å². The van der Waals surface area contributed by atoms with E-state index >= 15 is 0 Å². The monoisotopic (exact) mass is 478 g/mol. The van der Waals surface area contributed by atoms with Crippen molar-refractivity contribution in [3.05, 3.63) is 81.1 Å². The predicted molar refractivity (Wildman–Crippen MR) is 137 cm³/mol. The van der Waals surface area contributed by atoms with Crippen LogP contribution in [0.1, 0.15) is 53.0 Å². The third-order valence-corrected chi connectivity index (χ3v) is 7.56. The molecule has 2 aliphatic rings. The van der Waals surface area contributed by atoms with Crippen molar-refractivity contribution in [2.45, 2.75) is 52.6 Å². The van der Waals surface area contributed by atoms with Gasteiger partial charge in [0, 0.05) is 11.5 Å². The van der Waals surface area contributed by atoms with Crippen LogP contribution in [0, 0.1) is 66.1 Å². The van der Waals surface area contributed by atoms with Gasteiger partial charge in [-0.1, -0.05) is 35.9 Å². The lowest BCUT2D eigenvalue weighted by atomic mass is 9.56. The topological polar surface area (TPSA) is 116 Å². The van der Waals surface area contributed by atoms with Crippen LogP contribution in [0.5, 0.6) is 11.5 Å². The Bertz CT molecular complexity index is 1360. The van der Waals surface area contributed by atoms with Gasteiger partial charge in [0.1, 0.15) is 12.7 Å². The van der Waals surface area contributed by atoms with E-state index in [1.165, 1.54) is 5.56 Å². The highest BCUT2D eigenvalue weighted by atomic mass is 16.5. The second-order valence-electron chi connectivity index (χ2n) is 9.65. The van der Waals surface area contributed by atoms with Crippen molar-refractivity contribution in [3.8, 4) is 29.7 Å². The number of allylic oxidation sites excluding steroid dienone is 4. The highest BCUT2D eigenvalue weighted by Crippen LogP contribution is 2.58. The molecule has 0 aliphatic heterocycles. The fraction of sp³-hybridized carbons (Fsp3) is 0.367. The number of para-hydroxylation sites is 1. The molecular weight excluding hydrogens is 448 g/mol. The average Bonchev–Trinajstić information content (AvgIpc) is 2.87. The summed E-state index contributed by atoms with van der Waals surface area (Å²) >= 11 is 0. The number of rotatable bonds is 5. The Morgan fingerprint density at radius 2 is 1.78 bits per heavy atom. The molecule has 0 heterocycles. The molecule has 2 aliphatic carbocycles. The number of nitrogens with two attached hydrogens (primary N) is 1. The molecular formula is C30H30N4O2. The molecule has 0 fully saturated rings. The van der Waals surface area contributed by atoms with Crippen molar-refractivity contribution in [3.63, 3.8) is 0 Å². The number of hydrogen-bond acceptors (Lipinski definition) is 6. The number of methoxy groups -OCH3 is 1. The van der Waals surface area contributed by atoms with Crippen molar-refractivity contribution in [2.24, 2.45) is 17.1 Å². The van der Waals surface area contributed by atoms with Crippen LogP contribution in [-0.4, -0.2) is 7.11 Å². The van der Waals surface area contributed by atoms with Crippen molar-refractivity contribution >= 4 is 0 Å². The summed E-state index contributed by atoms with van der Waals surface area (Å²) in [6.45, 7) is 6.58. The largest absolute Gasteiger partial charge is 0.493 e. The van der Waals surface area contributed by atoms with E-state index in [0.717, 1.165) is 41.5 Å². The molecule has 0 radical (unpaired) electrons. The molecule has 0 bridgehead atoms. The maximum absolute atomic E-state index is 10.3. The second-order valence-corrected chi connectivity index (χ2v) is 9.65. The first kappa shape index (κ1) is 24.9. The Morgan fingerprint density at radius 1 is 1.08 bits per heavy atom. The number of hydrogen-bond donors (Lipinski definition) is 1. The molecule has 0 amide bonds. The van der Waals surface area contributed by atoms with Gasteiger partial charge in [-0.3, -0.25) is 0 Å². The van der Waals surface area contributed by atoms with E-state index in [0.29, 0.717) is 23.7 Å². The minimum atomic E-state index is -1.69. The summed E-state index contributed by atoms with van der Waals surface area (Å²) in [6.07, 6.45) is 4.51. The Morgan fingerprint density at radius 3 is 2.39 bits per heavy atom. The highest BCUT2D eigenvalue weighted by molar-refractivity contribution is 5.62. The SMILES string of the molecule is COc1c(OCc2c(C)cc(C)cc2C)cccc1[C@H]1[C@@H]2CCCC=C2C(C#N)=C(N)C1(C#N)C#N. The molecule has 6 heteroatoms. The number of nitrogens with zero attached hydrogens (tertiary/aromatic N) is 3. The predicted octanol–water partition coefficient (Wildman–Crippen LogP) is 5.79. The quantitative estimate of drug-likeness (QED) is 0.581. The summed E-state index contributed by atoms with van der Waals surface area (Å²) in [4.78, 5) is 0. The molecule has 2 aromatic carbocycles. The maximum Gasteiger partial charge on any atom is 0.191 e. The van der Waals surface area contributed by atoms with Gasteiger partial charge >= 0.3 is 0 Å². The number of nitriles is 3. The first-order valence-corrected chi connectivity index (χ1v) is 12.1. The van der Waals surface area contributed by atoms with Gasteiger partial charge < -0.3 is 15.2 Å². The van der Waals surface area contributed by atoms with Crippen LogP contribution in [0.25, 0.3) is 0 Å². The summed E-state index contributed by atoms with van der Waals surface area (Å²) in [5.41, 5.74) is 11.2. The van der Waals surface area contributed by atoms with Crippen LogP contribution < -0.4 is 15.2 Å². The fourth-order valence-corrected chi connectivity index (χ4v) is 5.91. The van der Waals surface area contributed by atoms with E-state index < -0.39 is 11.3 Å². The van der Waals surface area contributed by atoms with Gasteiger partial charge in [-0.15, -0.1) is 0 Å². The first-order chi connectivity index (χ1) is 17.3. The minimum absolute atomic E-state index is 0.0173. The van der Waals surface area contributed by atoms with E-state index in [9.17, 15) is 15.8 Å². The van der Waals surface area contributed by atoms with Crippen molar-refractivity contribution in [1.29, 1.82) is 15.8 Å². The van der Waals surface area contributed by atoms with Crippen molar-refractivity contribution in [2.75, 3.05) is 7.11 Å². The van der Waals surface area contributed by atoms with Gasteiger partial charge in [-0.25, -0.2) is 0 Å². The second kappa shape index (κ2) is 9.80. The molecule has 6 nitrogen and oxygen atoms in total. The summed E-state index contributed by atoms with van der Waals surface area (Å²) in [7, 11) is 1.56. The molecule has 0 unspecified atom stereocenters. The zero-order valence-corrected chi connectivity index (χ0v) is 21.2. The maximum atomic E-state index is 10.3. The van der Waals surface area contributed by atoms with E-state index in [-0.39, 0.29) is 17.2 Å². The summed E-state index contributed by atoms with van der Waals surface area (Å²) < 4.78 is 12.1. The van der Waals surface area contributed by atoms with E-state index in [4.69, 9.17) is 15.2 Å². The normalized spacial score (nSPS) is 20.3. The molecule has 0 spiro atoms. The summed E-state index contributed by atoms with van der Waals surface area (Å²) in [6, 6.07) is 16.4. The number of ether oxygens (including phenoxy) is 2. The molecule has 0 aromatic heterocycles. The highest BCUT2D eigenvalue weighted by Gasteiger charge is 2.54. The molecule has 0 saturated carbocycles. The lowest BCUT2D eigenvalue weighted by Gasteiger charge is -2.43. The van der Waals surface area contributed by atoms with E-state index in [1.54, 1.807) is 7.11 Å². The third kappa shape index (κ3) is 3.88. The van der Waals surface area contributed by atoms with E-state index in [1.807, 2.05) is 24.3 Å². The van der Waals surface area contributed by atoms with Crippen LogP contribution in [-0.2, 0) is 6.61 Å². The van der Waals surface area contributed by atoms with Crippen LogP contribution in [0.3, 0.4) is 0 Å². The van der Waals surface area contributed by atoms with Gasteiger partial charge in [0.05, 0.1) is 30.5 Å². The van der Waals surface area contributed by atoms with Gasteiger partial charge in [-0.2, -0.15) is 15.8 Å². The Hall–Kier alpha value is -4.21. The van der Waals surface area contributed by atoms with Crippen LogP contribution >= 0.6 is 0 Å². The van der Waals surface area contributed by atoms with Gasteiger partial charge in [0.15, 0.2) is 16.9 Å². The number of aryl methyl sites for hydroxylation is 3. The Balaban J connectivity index is 1.84. The molecule has 2 N–H and O–H groups in total. The summed E-state index contributed by atoms with van der Waals surface area (Å²) in [5, 5.41) is 30.5. The zero-order chi connectivity index (χ0) is 26.0. The molecule has 4 rings (SSSR count). The van der Waals surface area contributed by atoms with E-state index in [2.05, 4.69) is 51.1 Å². The average molecular weight is 479 g/mol. The molecule has 2 aromatic rings. The number of fused-ring (bicyclic) bond motifs is 1. The lowest BCUT2D eigenvalue weighted by Crippen LogP contribution is -2.42. The molecule has 182 valence electrons. The van der Waals surface area contributed by atoms with Crippen LogP contribution in [0.15, 0.2) is 53.3 Å². The standard InChI is InChI=1S/C30H30N4O2/c1-18-12-19(2)25(20(3)13-18)15-36-26-11-7-10-23(28(26)35-4)27-22-9-6-5-8-21(22)24(14-31)29(34)30(27,16-32)17-33/h7-8,10-13,22,27H,5-6,9,15,34H2,1-4H3/t22-,27-/m1/s1. The van der Waals surface area contributed by atoms with Gasteiger partial charge in [0.2, 0.25) is 0 Å². The summed E-state index contributed by atoms with van der Waals surface area (Å²) in [5.74, 6) is 0.218. The smallest absolute Gasteiger partial charge is 0.191 e.